The minimum absolute atomic E-state index is 0.274. The van der Waals surface area contributed by atoms with E-state index in [2.05, 4.69) is 15.9 Å². The van der Waals surface area contributed by atoms with Crippen molar-refractivity contribution in [3.8, 4) is 0 Å². The van der Waals surface area contributed by atoms with Gasteiger partial charge in [0.25, 0.3) is 0 Å². The summed E-state index contributed by atoms with van der Waals surface area (Å²) >= 11 is 3.27. The molecule has 0 atom stereocenters. The topological polar surface area (TPSA) is 63.4 Å². The lowest BCUT2D eigenvalue weighted by Gasteiger charge is -2.17. The maximum Gasteiger partial charge on any atom is 0.243 e. The molecule has 0 bridgehead atoms. The van der Waals surface area contributed by atoms with Crippen LogP contribution in [0.2, 0.25) is 0 Å². The van der Waals surface area contributed by atoms with E-state index in [1.807, 2.05) is 13.0 Å². The van der Waals surface area contributed by atoms with Crippen LogP contribution >= 0.6 is 15.9 Å². The van der Waals surface area contributed by atoms with E-state index in [0.717, 1.165) is 12.0 Å². The molecule has 0 radical (unpaired) electrons. The number of nitrogens with zero attached hydrogens (tertiary/aromatic N) is 1. The van der Waals surface area contributed by atoms with Crippen molar-refractivity contribution in [1.29, 1.82) is 0 Å². The minimum Gasteiger partial charge on any atom is -0.326 e. The number of rotatable bonds is 5. The van der Waals surface area contributed by atoms with Crippen molar-refractivity contribution >= 4 is 26.0 Å². The second-order valence-electron chi connectivity index (χ2n) is 3.80. The second kappa shape index (κ2) is 5.95. The number of benzene rings is 1. The maximum atomic E-state index is 12.3. The van der Waals surface area contributed by atoms with Gasteiger partial charge in [0.05, 0.1) is 4.90 Å². The summed E-state index contributed by atoms with van der Waals surface area (Å²) in [6, 6.07) is 5.14. The molecule has 4 nitrogen and oxygen atoms in total. The molecular weight excluding hydrogens is 304 g/mol. The molecule has 1 rings (SSSR count). The monoisotopic (exact) mass is 320 g/mol. The number of hydrogen-bond acceptors (Lipinski definition) is 3. The number of halogens is 1. The molecule has 0 heterocycles. The molecule has 1 aromatic rings. The zero-order valence-electron chi connectivity index (χ0n) is 9.98. The lowest BCUT2D eigenvalue weighted by atomic mass is 10.2. The molecule has 0 aliphatic heterocycles. The lowest BCUT2D eigenvalue weighted by Crippen LogP contribution is -2.28. The summed E-state index contributed by atoms with van der Waals surface area (Å²) in [5.74, 6) is 0. The van der Waals surface area contributed by atoms with Crippen molar-refractivity contribution in [2.24, 2.45) is 5.73 Å². The molecule has 0 aliphatic rings. The summed E-state index contributed by atoms with van der Waals surface area (Å²) in [5, 5.41) is 0. The first-order valence-corrected chi connectivity index (χ1v) is 7.61. The van der Waals surface area contributed by atoms with Gasteiger partial charge in [0, 0.05) is 24.6 Å². The molecule has 6 heteroatoms. The molecule has 0 aliphatic carbocycles. The van der Waals surface area contributed by atoms with Crippen LogP contribution in [0.15, 0.2) is 27.6 Å². The van der Waals surface area contributed by atoms with E-state index in [-0.39, 0.29) is 4.90 Å². The first-order valence-electron chi connectivity index (χ1n) is 5.38. The molecule has 0 spiro atoms. The molecule has 96 valence electrons. The fourth-order valence-electron chi connectivity index (χ4n) is 1.48. The van der Waals surface area contributed by atoms with Crippen LogP contribution in [0.25, 0.3) is 0 Å². The van der Waals surface area contributed by atoms with E-state index in [0.29, 0.717) is 17.6 Å². The van der Waals surface area contributed by atoms with Gasteiger partial charge in [0.1, 0.15) is 0 Å². The third kappa shape index (κ3) is 3.28. The normalized spacial score (nSPS) is 12.1. The molecule has 1 aromatic carbocycles. The highest BCUT2D eigenvalue weighted by atomic mass is 79.9. The highest BCUT2D eigenvalue weighted by Crippen LogP contribution is 2.25. The number of nitrogens with two attached hydrogens (primary N) is 1. The first-order chi connectivity index (χ1) is 7.93. The largest absolute Gasteiger partial charge is 0.326 e. The van der Waals surface area contributed by atoms with E-state index in [1.54, 1.807) is 19.2 Å². The lowest BCUT2D eigenvalue weighted by molar-refractivity contribution is 0.468. The fraction of sp³-hybridized carbons (Fsp3) is 0.455. The van der Waals surface area contributed by atoms with E-state index < -0.39 is 10.0 Å². The van der Waals surface area contributed by atoms with Gasteiger partial charge in [-0.25, -0.2) is 12.7 Å². The van der Waals surface area contributed by atoms with Crippen LogP contribution in [0.4, 0.5) is 0 Å². The SMILES string of the molecule is CCCN(C)S(=O)(=O)c1cc(CN)ccc1Br. The van der Waals surface area contributed by atoms with E-state index >= 15 is 0 Å². The summed E-state index contributed by atoms with van der Waals surface area (Å²) in [6.45, 7) is 2.77. The van der Waals surface area contributed by atoms with Gasteiger partial charge < -0.3 is 5.73 Å². The van der Waals surface area contributed by atoms with Crippen molar-refractivity contribution < 1.29 is 8.42 Å². The summed E-state index contributed by atoms with van der Waals surface area (Å²) in [4.78, 5) is 0.274. The van der Waals surface area contributed by atoms with E-state index in [9.17, 15) is 8.42 Å². The Morgan fingerprint density at radius 2 is 2.06 bits per heavy atom. The summed E-state index contributed by atoms with van der Waals surface area (Å²) in [6.07, 6.45) is 0.782. The third-order valence-electron chi connectivity index (χ3n) is 2.46. The van der Waals surface area contributed by atoms with Crippen LogP contribution in [-0.4, -0.2) is 26.3 Å². The number of hydrogen-bond donors (Lipinski definition) is 1. The predicted octanol–water partition coefficient (Wildman–Crippen LogP) is 1.94. The average molecular weight is 321 g/mol. The van der Waals surface area contributed by atoms with Gasteiger partial charge in [-0.1, -0.05) is 13.0 Å². The zero-order chi connectivity index (χ0) is 13.1. The predicted molar refractivity (Wildman–Crippen MR) is 72.1 cm³/mol. The zero-order valence-corrected chi connectivity index (χ0v) is 12.4. The summed E-state index contributed by atoms with van der Waals surface area (Å²) in [7, 11) is -1.85. The molecule has 0 amide bonds. The molecule has 0 unspecified atom stereocenters. The van der Waals surface area contributed by atoms with Crippen LogP contribution in [0.1, 0.15) is 18.9 Å². The van der Waals surface area contributed by atoms with Crippen LogP contribution in [0.3, 0.4) is 0 Å². The average Bonchev–Trinajstić information content (AvgIpc) is 2.29. The summed E-state index contributed by atoms with van der Waals surface area (Å²) in [5.41, 5.74) is 6.33. The Labute approximate surface area is 111 Å². The van der Waals surface area contributed by atoms with Gasteiger partial charge in [-0.2, -0.15) is 0 Å². The fourth-order valence-corrected chi connectivity index (χ4v) is 3.71. The Kier molecular flexibility index (Phi) is 5.12. The van der Waals surface area contributed by atoms with Crippen molar-refractivity contribution in [2.75, 3.05) is 13.6 Å². The molecule has 2 N–H and O–H groups in total. The molecule has 0 saturated carbocycles. The van der Waals surface area contributed by atoms with Crippen molar-refractivity contribution in [3.05, 3.63) is 28.2 Å². The highest BCUT2D eigenvalue weighted by molar-refractivity contribution is 9.10. The van der Waals surface area contributed by atoms with Crippen molar-refractivity contribution in [2.45, 2.75) is 24.8 Å². The molecule has 0 fully saturated rings. The van der Waals surface area contributed by atoms with Gasteiger partial charge in [-0.05, 0) is 40.0 Å². The van der Waals surface area contributed by atoms with Crippen LogP contribution in [0.5, 0.6) is 0 Å². The Morgan fingerprint density at radius 3 is 2.59 bits per heavy atom. The van der Waals surface area contributed by atoms with Gasteiger partial charge in [0.2, 0.25) is 10.0 Å². The second-order valence-corrected chi connectivity index (χ2v) is 6.66. The van der Waals surface area contributed by atoms with E-state index in [4.69, 9.17) is 5.73 Å². The van der Waals surface area contributed by atoms with Gasteiger partial charge in [0.15, 0.2) is 0 Å². The Hall–Kier alpha value is -0.430. The first kappa shape index (κ1) is 14.6. The van der Waals surface area contributed by atoms with Crippen molar-refractivity contribution in [1.82, 2.24) is 4.31 Å². The Morgan fingerprint density at radius 1 is 1.41 bits per heavy atom. The van der Waals surface area contributed by atoms with Crippen LogP contribution in [-0.2, 0) is 16.6 Å². The Bertz CT molecular complexity index is 488. The van der Waals surface area contributed by atoms with Gasteiger partial charge in [-0.15, -0.1) is 0 Å². The minimum atomic E-state index is -3.43. The molecule has 17 heavy (non-hydrogen) atoms. The maximum absolute atomic E-state index is 12.3. The van der Waals surface area contributed by atoms with E-state index in [1.165, 1.54) is 4.31 Å². The smallest absolute Gasteiger partial charge is 0.243 e. The van der Waals surface area contributed by atoms with Crippen LogP contribution < -0.4 is 5.73 Å². The molecular formula is C11H17BrN2O2S. The van der Waals surface area contributed by atoms with Gasteiger partial charge in [-0.3, -0.25) is 0 Å². The quantitative estimate of drug-likeness (QED) is 0.901. The molecule has 0 aromatic heterocycles. The van der Waals surface area contributed by atoms with Gasteiger partial charge >= 0.3 is 0 Å². The van der Waals surface area contributed by atoms with Crippen LogP contribution in [0, 0.1) is 0 Å². The third-order valence-corrected chi connectivity index (χ3v) is 5.31. The Balaban J connectivity index is 3.22. The number of sulfonamides is 1. The van der Waals surface area contributed by atoms with Crippen molar-refractivity contribution in [3.63, 3.8) is 0 Å². The summed E-state index contributed by atoms with van der Waals surface area (Å²) < 4.78 is 26.5. The standard InChI is InChI=1S/C11H17BrN2O2S/c1-3-6-14(2)17(15,16)11-7-9(8-13)4-5-10(11)12/h4-5,7H,3,6,8,13H2,1-2H3. The highest BCUT2D eigenvalue weighted by Gasteiger charge is 2.22. The molecule has 0 saturated heterocycles.